The summed E-state index contributed by atoms with van der Waals surface area (Å²) >= 11 is -0.739. The number of hydrogen-bond acceptors (Lipinski definition) is 3. The molecule has 2 aromatic rings. The topological polar surface area (TPSA) is 29.1 Å². The highest BCUT2D eigenvalue weighted by Gasteiger charge is 2.30. The molecule has 0 saturated heterocycles. The lowest BCUT2D eigenvalue weighted by molar-refractivity contribution is -0.0744. The Labute approximate surface area is 147 Å². The van der Waals surface area contributed by atoms with E-state index in [0.29, 0.717) is 0 Å². The summed E-state index contributed by atoms with van der Waals surface area (Å²) in [6, 6.07) is 9.59. The van der Waals surface area contributed by atoms with Gasteiger partial charge in [0, 0.05) is 15.4 Å². The summed E-state index contributed by atoms with van der Waals surface area (Å²) in [6.45, 7) is 0. The number of ether oxygens (including phenoxy) is 1. The summed E-state index contributed by atoms with van der Waals surface area (Å²) in [6.07, 6.45) is -1.88. The van der Waals surface area contributed by atoms with Gasteiger partial charge in [0.05, 0.1) is 0 Å². The molecule has 0 saturated carbocycles. The van der Waals surface area contributed by atoms with Crippen molar-refractivity contribution in [2.45, 2.75) is 27.1 Å². The number of hydrogen-bond donors (Lipinski definition) is 0. The number of benzene rings is 2. The van der Waals surface area contributed by atoms with Crippen molar-refractivity contribution >= 4 is 23.5 Å². The van der Waals surface area contributed by atoms with Crippen LogP contribution in [0.5, 0.6) is 5.75 Å². The van der Waals surface area contributed by atoms with Crippen LogP contribution in [0.4, 0.5) is 26.3 Å². The summed E-state index contributed by atoms with van der Waals surface area (Å²) in [4.78, 5) is -0.352. The fourth-order valence-corrected chi connectivity index (χ4v) is 2.99. The van der Waals surface area contributed by atoms with Gasteiger partial charge in [0.2, 0.25) is 0 Å². The molecule has 0 aliphatic heterocycles. The lowest BCUT2D eigenvalue weighted by Crippen LogP contribution is -2.06. The van der Waals surface area contributed by atoms with E-state index in [0.717, 1.165) is 12.1 Å². The Bertz CT molecular complexity index is 718. The fraction of sp³-hybridized carbons (Fsp3) is 0.200. The molecule has 0 N–H and O–H groups in total. The molecular formula is C15H9F6O2S2. The van der Waals surface area contributed by atoms with E-state index in [4.69, 9.17) is 4.74 Å². The van der Waals surface area contributed by atoms with E-state index in [9.17, 15) is 31.4 Å². The second-order valence-corrected chi connectivity index (χ2v) is 6.87. The van der Waals surface area contributed by atoms with Crippen LogP contribution >= 0.6 is 23.5 Å². The van der Waals surface area contributed by atoms with E-state index in [1.165, 1.54) is 36.4 Å². The minimum atomic E-state index is -4.50. The van der Waals surface area contributed by atoms with Crippen molar-refractivity contribution in [1.82, 2.24) is 0 Å². The molecule has 25 heavy (non-hydrogen) atoms. The maximum Gasteiger partial charge on any atom is 0.446 e. The predicted molar refractivity (Wildman–Crippen MR) is 80.8 cm³/mol. The lowest BCUT2D eigenvalue weighted by Gasteiger charge is -2.14. The second-order valence-electron chi connectivity index (χ2n) is 4.59. The number of rotatable bonds is 5. The number of alkyl halides is 6. The van der Waals surface area contributed by atoms with E-state index < -0.39 is 17.3 Å². The highest BCUT2D eigenvalue weighted by molar-refractivity contribution is 8.00. The molecule has 2 aromatic carbocycles. The molecule has 10 heteroatoms. The molecule has 0 heterocycles. The Balaban J connectivity index is 2.10. The van der Waals surface area contributed by atoms with Gasteiger partial charge in [-0.25, -0.2) is 0 Å². The summed E-state index contributed by atoms with van der Waals surface area (Å²) in [5.74, 6) is -0.108. The van der Waals surface area contributed by atoms with Crippen LogP contribution in [0.2, 0.25) is 0 Å². The van der Waals surface area contributed by atoms with Crippen molar-refractivity contribution in [3.05, 3.63) is 54.1 Å². The van der Waals surface area contributed by atoms with Crippen molar-refractivity contribution in [2.24, 2.45) is 0 Å². The zero-order chi connectivity index (χ0) is 18.7. The maximum atomic E-state index is 12.4. The SMILES string of the molecule is [O]C(Oc1cccc(SC(F)(F)F)c1)c1cccc(SC(F)(F)F)c1. The van der Waals surface area contributed by atoms with Gasteiger partial charge in [-0.3, -0.25) is 0 Å². The zero-order valence-corrected chi connectivity index (χ0v) is 13.7. The molecule has 2 nitrogen and oxygen atoms in total. The van der Waals surface area contributed by atoms with Crippen LogP contribution in [0.3, 0.4) is 0 Å². The van der Waals surface area contributed by atoms with Crippen LogP contribution in [0.1, 0.15) is 11.9 Å². The largest absolute Gasteiger partial charge is 0.458 e. The van der Waals surface area contributed by atoms with E-state index in [-0.39, 0.29) is 44.6 Å². The molecule has 1 unspecified atom stereocenters. The smallest absolute Gasteiger partial charge is 0.446 e. The first-order chi connectivity index (χ1) is 11.5. The Hall–Kier alpha value is -1.52. The maximum absolute atomic E-state index is 12.4. The van der Waals surface area contributed by atoms with Crippen molar-refractivity contribution < 1.29 is 36.2 Å². The van der Waals surface area contributed by atoms with Gasteiger partial charge < -0.3 is 4.74 Å². The van der Waals surface area contributed by atoms with Crippen LogP contribution < -0.4 is 4.74 Å². The number of thioether (sulfide) groups is 2. The van der Waals surface area contributed by atoms with Crippen molar-refractivity contribution in [3.8, 4) is 5.75 Å². The third-order valence-electron chi connectivity index (χ3n) is 2.65. The zero-order valence-electron chi connectivity index (χ0n) is 12.1. The Morgan fingerprint density at radius 1 is 0.800 bits per heavy atom. The molecule has 1 atom stereocenters. The van der Waals surface area contributed by atoms with Crippen LogP contribution in [-0.2, 0) is 5.11 Å². The van der Waals surface area contributed by atoms with E-state index in [1.807, 2.05) is 0 Å². The van der Waals surface area contributed by atoms with Crippen LogP contribution in [0.25, 0.3) is 0 Å². The first kappa shape index (κ1) is 19.8. The normalized spacial score (nSPS) is 13.6. The quantitative estimate of drug-likeness (QED) is 0.330. The summed E-state index contributed by atoms with van der Waals surface area (Å²) in [7, 11) is 0. The van der Waals surface area contributed by atoms with Crippen molar-refractivity contribution in [1.29, 1.82) is 0 Å². The van der Waals surface area contributed by atoms with Gasteiger partial charge >= 0.3 is 11.0 Å². The molecule has 0 amide bonds. The summed E-state index contributed by atoms with van der Waals surface area (Å²) < 4.78 is 79.1. The van der Waals surface area contributed by atoms with Gasteiger partial charge in [0.15, 0.2) is 0 Å². The minimum absolute atomic E-state index is 0.0665. The molecular weight excluding hydrogens is 390 g/mol. The van der Waals surface area contributed by atoms with Crippen LogP contribution in [0, 0.1) is 0 Å². The molecule has 0 spiro atoms. The lowest BCUT2D eigenvalue weighted by atomic mass is 10.2. The summed E-state index contributed by atoms with van der Waals surface area (Å²) in [5.41, 5.74) is -9.05. The molecule has 0 fully saturated rings. The van der Waals surface area contributed by atoms with Gasteiger partial charge in [0.1, 0.15) is 5.75 Å². The molecule has 135 valence electrons. The van der Waals surface area contributed by atoms with Crippen LogP contribution in [0.15, 0.2) is 58.3 Å². The first-order valence-electron chi connectivity index (χ1n) is 6.56. The van der Waals surface area contributed by atoms with Gasteiger partial charge in [-0.15, -0.1) is 0 Å². The Kier molecular flexibility index (Phi) is 6.17. The monoisotopic (exact) mass is 399 g/mol. The van der Waals surface area contributed by atoms with Gasteiger partial charge in [0.25, 0.3) is 6.29 Å². The molecule has 0 aliphatic carbocycles. The number of halogens is 6. The molecule has 1 radical (unpaired) electrons. The minimum Gasteiger partial charge on any atom is -0.458 e. The standard InChI is InChI=1S/C15H9F6O2S2/c16-14(17,18)24-11-5-1-3-9(7-11)13(22)23-10-4-2-6-12(8-10)25-15(19,20)21/h1-8,13H. The molecule has 2 rings (SSSR count). The third kappa shape index (κ3) is 7.09. The van der Waals surface area contributed by atoms with E-state index >= 15 is 0 Å². The van der Waals surface area contributed by atoms with Gasteiger partial charge in [-0.05, 0) is 53.9 Å². The Morgan fingerprint density at radius 3 is 1.88 bits per heavy atom. The van der Waals surface area contributed by atoms with Crippen LogP contribution in [-0.4, -0.2) is 11.0 Å². The van der Waals surface area contributed by atoms with Gasteiger partial charge in [-0.2, -0.15) is 31.4 Å². The molecule has 0 aromatic heterocycles. The first-order valence-corrected chi connectivity index (χ1v) is 8.19. The predicted octanol–water partition coefficient (Wildman–Crippen LogP) is 6.42. The summed E-state index contributed by atoms with van der Waals surface area (Å²) in [5, 5.41) is 12.1. The van der Waals surface area contributed by atoms with Crippen molar-refractivity contribution in [2.75, 3.05) is 0 Å². The molecule has 0 bridgehead atoms. The molecule has 0 aliphatic rings. The average Bonchev–Trinajstić information content (AvgIpc) is 2.44. The highest BCUT2D eigenvalue weighted by Crippen LogP contribution is 2.39. The second kappa shape index (κ2) is 7.79. The van der Waals surface area contributed by atoms with E-state index in [2.05, 4.69) is 0 Å². The Morgan fingerprint density at radius 2 is 1.32 bits per heavy atom. The van der Waals surface area contributed by atoms with Crippen molar-refractivity contribution in [3.63, 3.8) is 0 Å². The highest BCUT2D eigenvalue weighted by atomic mass is 32.2. The third-order valence-corrected chi connectivity index (χ3v) is 4.09. The van der Waals surface area contributed by atoms with Gasteiger partial charge in [-0.1, -0.05) is 18.2 Å². The van der Waals surface area contributed by atoms with E-state index in [1.54, 1.807) is 0 Å². The fourth-order valence-electron chi connectivity index (χ4n) is 1.79. The average molecular weight is 399 g/mol.